The lowest BCUT2D eigenvalue weighted by molar-refractivity contribution is -0.131. The molecular formula is C16H17F2NOS. The molecule has 1 amide bonds. The molecule has 0 radical (unpaired) electrons. The van der Waals surface area contributed by atoms with E-state index in [1.807, 2.05) is 16.8 Å². The lowest BCUT2D eigenvalue weighted by atomic mass is 10.1. The average Bonchev–Trinajstić information content (AvgIpc) is 2.99. The molecular weight excluding hydrogens is 292 g/mol. The second kappa shape index (κ2) is 6.80. The summed E-state index contributed by atoms with van der Waals surface area (Å²) in [5.74, 6) is -1.78. The van der Waals surface area contributed by atoms with E-state index in [2.05, 4.69) is 0 Å². The van der Waals surface area contributed by atoms with Gasteiger partial charge in [-0.1, -0.05) is 6.07 Å². The van der Waals surface area contributed by atoms with Crippen molar-refractivity contribution in [3.63, 3.8) is 0 Å². The minimum absolute atomic E-state index is 0.0153. The van der Waals surface area contributed by atoms with E-state index in [1.54, 1.807) is 30.2 Å². The second-order valence-corrected chi connectivity index (χ2v) is 5.77. The van der Waals surface area contributed by atoms with Crippen molar-refractivity contribution < 1.29 is 13.6 Å². The largest absolute Gasteiger partial charge is 0.339 e. The Bertz CT molecular complexity index is 613. The normalized spacial score (nSPS) is 12.2. The van der Waals surface area contributed by atoms with Crippen LogP contribution in [-0.4, -0.2) is 17.9 Å². The highest BCUT2D eigenvalue weighted by Gasteiger charge is 2.18. The number of hydrogen-bond acceptors (Lipinski definition) is 2. The van der Waals surface area contributed by atoms with Crippen LogP contribution in [0.2, 0.25) is 0 Å². The minimum atomic E-state index is -0.890. The van der Waals surface area contributed by atoms with Gasteiger partial charge >= 0.3 is 0 Å². The number of benzene rings is 1. The maximum Gasteiger partial charge on any atom is 0.223 e. The molecule has 2 rings (SSSR count). The monoisotopic (exact) mass is 309 g/mol. The summed E-state index contributed by atoms with van der Waals surface area (Å²) in [5.41, 5.74) is 1.72. The van der Waals surface area contributed by atoms with E-state index in [-0.39, 0.29) is 11.9 Å². The Balaban J connectivity index is 1.98. The third kappa shape index (κ3) is 3.88. The first-order chi connectivity index (χ1) is 9.99. The molecule has 0 fully saturated rings. The molecule has 0 N–H and O–H groups in total. The Morgan fingerprint density at radius 1 is 1.29 bits per heavy atom. The Hall–Kier alpha value is -1.75. The topological polar surface area (TPSA) is 20.3 Å². The van der Waals surface area contributed by atoms with Crippen LogP contribution in [0.1, 0.15) is 30.5 Å². The molecule has 5 heteroatoms. The Kier molecular flexibility index (Phi) is 5.07. The van der Waals surface area contributed by atoms with Gasteiger partial charge in [0, 0.05) is 13.5 Å². The van der Waals surface area contributed by atoms with Crippen molar-refractivity contribution in [2.75, 3.05) is 7.05 Å². The molecule has 0 aliphatic rings. The molecule has 0 saturated heterocycles. The predicted molar refractivity (Wildman–Crippen MR) is 80.2 cm³/mol. The number of amides is 1. The summed E-state index contributed by atoms with van der Waals surface area (Å²) in [7, 11) is 1.68. The van der Waals surface area contributed by atoms with Gasteiger partial charge in [0.2, 0.25) is 5.91 Å². The molecule has 1 atom stereocenters. The number of nitrogens with zero attached hydrogens (tertiary/aromatic N) is 1. The van der Waals surface area contributed by atoms with E-state index < -0.39 is 11.6 Å². The molecule has 0 spiro atoms. The first kappa shape index (κ1) is 15.6. The molecule has 0 bridgehead atoms. The Labute approximate surface area is 127 Å². The predicted octanol–water partition coefficient (Wildman–Crippen LogP) is 4.18. The van der Waals surface area contributed by atoms with Crippen LogP contribution in [0.5, 0.6) is 0 Å². The van der Waals surface area contributed by atoms with Gasteiger partial charge in [-0.3, -0.25) is 4.79 Å². The summed E-state index contributed by atoms with van der Waals surface area (Å²) < 4.78 is 26.2. The van der Waals surface area contributed by atoms with Crippen molar-refractivity contribution in [1.82, 2.24) is 4.90 Å². The highest BCUT2D eigenvalue weighted by atomic mass is 32.1. The van der Waals surface area contributed by atoms with E-state index in [1.165, 1.54) is 6.07 Å². The van der Waals surface area contributed by atoms with Crippen molar-refractivity contribution in [1.29, 1.82) is 0 Å². The van der Waals surface area contributed by atoms with Crippen molar-refractivity contribution >= 4 is 17.2 Å². The zero-order valence-electron chi connectivity index (χ0n) is 12.0. The summed E-state index contributed by atoms with van der Waals surface area (Å²) in [6, 6.07) is 5.44. The van der Waals surface area contributed by atoms with Crippen molar-refractivity contribution in [2.45, 2.75) is 25.8 Å². The summed E-state index contributed by atoms with van der Waals surface area (Å²) in [6.45, 7) is 1.80. The van der Waals surface area contributed by atoms with Crippen molar-refractivity contribution in [2.24, 2.45) is 0 Å². The molecule has 0 aliphatic heterocycles. The highest BCUT2D eigenvalue weighted by molar-refractivity contribution is 7.07. The van der Waals surface area contributed by atoms with E-state index in [0.29, 0.717) is 18.4 Å². The molecule has 1 heterocycles. The number of carbonyl (C=O) groups is 1. The Morgan fingerprint density at radius 3 is 2.67 bits per heavy atom. The van der Waals surface area contributed by atoms with Gasteiger partial charge in [0.25, 0.3) is 0 Å². The van der Waals surface area contributed by atoms with Gasteiger partial charge in [0.1, 0.15) is 0 Å². The molecule has 112 valence electrons. The van der Waals surface area contributed by atoms with Crippen LogP contribution in [0.15, 0.2) is 35.0 Å². The van der Waals surface area contributed by atoms with E-state index in [9.17, 15) is 13.6 Å². The SMILES string of the molecule is CC(c1ccc(F)c(F)c1)N(C)C(=O)CCc1ccsc1. The van der Waals surface area contributed by atoms with E-state index in [0.717, 1.165) is 17.7 Å². The first-order valence-electron chi connectivity index (χ1n) is 6.70. The molecule has 1 aromatic carbocycles. The number of aryl methyl sites for hydroxylation is 1. The standard InChI is InChI=1S/C16H17F2NOS/c1-11(13-4-5-14(17)15(18)9-13)19(2)16(20)6-3-12-7-8-21-10-12/h4-5,7-11H,3,6H2,1-2H3. The maximum atomic E-state index is 13.3. The van der Waals surface area contributed by atoms with Crippen LogP contribution < -0.4 is 0 Å². The maximum absolute atomic E-state index is 13.3. The van der Waals surface area contributed by atoms with Crippen molar-refractivity contribution in [3.05, 3.63) is 57.8 Å². The zero-order valence-corrected chi connectivity index (χ0v) is 12.8. The zero-order chi connectivity index (χ0) is 15.4. The van der Waals surface area contributed by atoms with Crippen LogP contribution in [0, 0.1) is 11.6 Å². The molecule has 2 nitrogen and oxygen atoms in total. The van der Waals surface area contributed by atoms with Crippen LogP contribution in [0.4, 0.5) is 8.78 Å². The van der Waals surface area contributed by atoms with Crippen LogP contribution in [0.3, 0.4) is 0 Å². The lowest BCUT2D eigenvalue weighted by Crippen LogP contribution is -2.29. The van der Waals surface area contributed by atoms with E-state index in [4.69, 9.17) is 0 Å². The fourth-order valence-corrected chi connectivity index (χ4v) is 2.78. The fraction of sp³-hybridized carbons (Fsp3) is 0.312. The average molecular weight is 309 g/mol. The number of thiophene rings is 1. The van der Waals surface area contributed by atoms with Gasteiger partial charge in [0.15, 0.2) is 11.6 Å². The quantitative estimate of drug-likeness (QED) is 0.811. The van der Waals surface area contributed by atoms with E-state index >= 15 is 0 Å². The van der Waals surface area contributed by atoms with Gasteiger partial charge in [-0.2, -0.15) is 11.3 Å². The molecule has 1 unspecified atom stereocenters. The number of hydrogen-bond donors (Lipinski definition) is 0. The van der Waals surface area contributed by atoms with Gasteiger partial charge in [-0.15, -0.1) is 0 Å². The smallest absolute Gasteiger partial charge is 0.223 e. The fourth-order valence-electron chi connectivity index (χ4n) is 2.07. The van der Waals surface area contributed by atoms with Gasteiger partial charge in [-0.25, -0.2) is 8.78 Å². The summed E-state index contributed by atoms with van der Waals surface area (Å²) in [6.07, 6.45) is 1.10. The minimum Gasteiger partial charge on any atom is -0.339 e. The highest BCUT2D eigenvalue weighted by Crippen LogP contribution is 2.22. The van der Waals surface area contributed by atoms with Crippen molar-refractivity contribution in [3.8, 4) is 0 Å². The third-order valence-electron chi connectivity index (χ3n) is 3.61. The van der Waals surface area contributed by atoms with Crippen LogP contribution >= 0.6 is 11.3 Å². The third-order valence-corrected chi connectivity index (χ3v) is 4.34. The van der Waals surface area contributed by atoms with Gasteiger partial charge < -0.3 is 4.90 Å². The molecule has 1 aromatic heterocycles. The lowest BCUT2D eigenvalue weighted by Gasteiger charge is -2.25. The second-order valence-electron chi connectivity index (χ2n) is 4.99. The van der Waals surface area contributed by atoms with Gasteiger partial charge in [0.05, 0.1) is 6.04 Å². The summed E-state index contributed by atoms with van der Waals surface area (Å²) in [4.78, 5) is 13.7. The molecule has 0 saturated carbocycles. The molecule has 2 aromatic rings. The summed E-state index contributed by atoms with van der Waals surface area (Å²) in [5, 5.41) is 4.00. The molecule has 21 heavy (non-hydrogen) atoms. The number of halogens is 2. The number of rotatable bonds is 5. The Morgan fingerprint density at radius 2 is 2.05 bits per heavy atom. The first-order valence-corrected chi connectivity index (χ1v) is 7.65. The van der Waals surface area contributed by atoms with Gasteiger partial charge in [-0.05, 0) is 53.4 Å². The molecule has 0 aliphatic carbocycles. The summed E-state index contributed by atoms with van der Waals surface area (Å²) >= 11 is 1.60. The number of carbonyl (C=O) groups excluding carboxylic acids is 1. The van der Waals surface area contributed by atoms with Crippen LogP contribution in [0.25, 0.3) is 0 Å². The van der Waals surface area contributed by atoms with Crippen LogP contribution in [-0.2, 0) is 11.2 Å².